The van der Waals surface area contributed by atoms with Gasteiger partial charge in [-0.1, -0.05) is 48.1 Å². The molecule has 0 aliphatic heterocycles. The topological polar surface area (TPSA) is 24.1 Å². The zero-order chi connectivity index (χ0) is 15.7. The van der Waals surface area contributed by atoms with Gasteiger partial charge in [-0.25, -0.2) is 0 Å². The van der Waals surface area contributed by atoms with Crippen LogP contribution in [0.1, 0.15) is 39.2 Å². The van der Waals surface area contributed by atoms with Gasteiger partial charge in [0.05, 0.1) is 5.54 Å². The van der Waals surface area contributed by atoms with Crippen molar-refractivity contribution in [2.45, 2.75) is 45.7 Å². The molecule has 0 aliphatic carbocycles. The summed E-state index contributed by atoms with van der Waals surface area (Å²) in [5, 5.41) is 7.27. The Kier molecular flexibility index (Phi) is 7.17. The Morgan fingerprint density at radius 2 is 1.95 bits per heavy atom. The Hall–Kier alpha value is -1.61. The van der Waals surface area contributed by atoms with Crippen LogP contribution in [0.15, 0.2) is 54.6 Å². The second kappa shape index (κ2) is 8.63. The van der Waals surface area contributed by atoms with Crippen LogP contribution in [0.3, 0.4) is 0 Å². The Morgan fingerprint density at radius 3 is 2.52 bits per heavy atom. The average Bonchev–Trinajstić information content (AvgIpc) is 2.46. The standard InChI is InChI=1S/C18H26N2S/c1-5-18(4,13-9-10-15(2)3)20-17(21)19-14-16-11-7-6-8-12-16/h5-8,10-12H,1,9,13-14H2,2-4H3,(H2,19,20,21). The molecular weight excluding hydrogens is 276 g/mol. The molecule has 114 valence electrons. The van der Waals surface area contributed by atoms with E-state index in [0.29, 0.717) is 5.11 Å². The number of rotatable bonds is 7. The molecule has 21 heavy (non-hydrogen) atoms. The predicted octanol–water partition coefficient (Wildman–Crippen LogP) is 4.34. The normalized spacial score (nSPS) is 12.9. The SMILES string of the molecule is C=CC(C)(CCC=C(C)C)NC(=S)NCc1ccccc1. The van der Waals surface area contributed by atoms with Crippen molar-refractivity contribution >= 4 is 17.3 Å². The van der Waals surface area contributed by atoms with E-state index in [4.69, 9.17) is 12.2 Å². The van der Waals surface area contributed by atoms with Crippen LogP contribution < -0.4 is 10.6 Å². The van der Waals surface area contributed by atoms with E-state index < -0.39 is 0 Å². The summed E-state index contributed by atoms with van der Waals surface area (Å²) in [5.41, 5.74) is 2.37. The molecule has 0 aromatic heterocycles. The summed E-state index contributed by atoms with van der Waals surface area (Å²) in [7, 11) is 0. The number of hydrogen-bond acceptors (Lipinski definition) is 1. The first kappa shape index (κ1) is 17.4. The van der Waals surface area contributed by atoms with Crippen LogP contribution in [0.25, 0.3) is 0 Å². The average molecular weight is 302 g/mol. The molecule has 0 saturated heterocycles. The molecule has 0 saturated carbocycles. The fourth-order valence-corrected chi connectivity index (χ4v) is 2.26. The van der Waals surface area contributed by atoms with Crippen molar-refractivity contribution < 1.29 is 0 Å². The molecule has 0 spiro atoms. The van der Waals surface area contributed by atoms with E-state index in [1.807, 2.05) is 24.3 Å². The second-order valence-electron chi connectivity index (χ2n) is 5.74. The van der Waals surface area contributed by atoms with Crippen LogP contribution in [0.5, 0.6) is 0 Å². The molecule has 0 amide bonds. The molecule has 2 nitrogen and oxygen atoms in total. The molecule has 1 aromatic carbocycles. The maximum absolute atomic E-state index is 5.38. The summed E-state index contributed by atoms with van der Waals surface area (Å²) in [6, 6.07) is 10.2. The van der Waals surface area contributed by atoms with Crippen molar-refractivity contribution in [1.29, 1.82) is 0 Å². The molecule has 1 atom stereocenters. The molecule has 2 N–H and O–H groups in total. The van der Waals surface area contributed by atoms with Crippen LogP contribution in [-0.4, -0.2) is 10.7 Å². The fraction of sp³-hybridized carbons (Fsp3) is 0.389. The smallest absolute Gasteiger partial charge is 0.167 e. The summed E-state index contributed by atoms with van der Waals surface area (Å²) in [6.07, 6.45) is 6.15. The van der Waals surface area contributed by atoms with Crippen LogP contribution in [0.2, 0.25) is 0 Å². The Morgan fingerprint density at radius 1 is 1.29 bits per heavy atom. The molecule has 0 fully saturated rings. The van der Waals surface area contributed by atoms with Crippen molar-refractivity contribution in [2.24, 2.45) is 0 Å². The zero-order valence-electron chi connectivity index (χ0n) is 13.3. The van der Waals surface area contributed by atoms with Gasteiger partial charge in [0.2, 0.25) is 0 Å². The molecule has 1 unspecified atom stereocenters. The van der Waals surface area contributed by atoms with Gasteiger partial charge in [0.1, 0.15) is 0 Å². The third kappa shape index (κ3) is 7.09. The highest BCUT2D eigenvalue weighted by molar-refractivity contribution is 7.80. The molecule has 1 aromatic rings. The van der Waals surface area contributed by atoms with Crippen LogP contribution in [0.4, 0.5) is 0 Å². The van der Waals surface area contributed by atoms with E-state index in [2.05, 4.69) is 56.2 Å². The van der Waals surface area contributed by atoms with Gasteiger partial charge in [0.15, 0.2) is 5.11 Å². The molecule has 1 rings (SSSR count). The van der Waals surface area contributed by atoms with Crippen LogP contribution >= 0.6 is 12.2 Å². The van der Waals surface area contributed by atoms with Gasteiger partial charge in [-0.2, -0.15) is 0 Å². The van der Waals surface area contributed by atoms with E-state index in [-0.39, 0.29) is 5.54 Å². The first-order valence-electron chi connectivity index (χ1n) is 7.32. The van der Waals surface area contributed by atoms with Gasteiger partial charge in [0.25, 0.3) is 0 Å². The van der Waals surface area contributed by atoms with Crippen LogP contribution in [0, 0.1) is 0 Å². The monoisotopic (exact) mass is 302 g/mol. The van der Waals surface area contributed by atoms with E-state index >= 15 is 0 Å². The van der Waals surface area contributed by atoms with E-state index in [1.54, 1.807) is 0 Å². The maximum Gasteiger partial charge on any atom is 0.167 e. The third-order valence-corrected chi connectivity index (χ3v) is 3.61. The highest BCUT2D eigenvalue weighted by Gasteiger charge is 2.19. The minimum atomic E-state index is -0.188. The van der Waals surface area contributed by atoms with Gasteiger partial charge in [-0.15, -0.1) is 6.58 Å². The second-order valence-corrected chi connectivity index (χ2v) is 6.14. The molecule has 3 heteroatoms. The van der Waals surface area contributed by atoms with Crippen molar-refractivity contribution in [2.75, 3.05) is 0 Å². The molecule has 0 aliphatic rings. The highest BCUT2D eigenvalue weighted by Crippen LogP contribution is 2.15. The number of nitrogens with one attached hydrogen (secondary N) is 2. The summed E-state index contributed by atoms with van der Waals surface area (Å²) in [5.74, 6) is 0. The summed E-state index contributed by atoms with van der Waals surface area (Å²) in [6.45, 7) is 11.0. The minimum absolute atomic E-state index is 0.188. The first-order chi connectivity index (χ1) is 9.95. The third-order valence-electron chi connectivity index (χ3n) is 3.36. The van der Waals surface area contributed by atoms with E-state index in [0.717, 1.165) is 19.4 Å². The highest BCUT2D eigenvalue weighted by atomic mass is 32.1. The lowest BCUT2D eigenvalue weighted by atomic mass is 9.95. The lowest BCUT2D eigenvalue weighted by molar-refractivity contribution is 0.480. The first-order valence-corrected chi connectivity index (χ1v) is 7.73. The quantitative estimate of drug-likeness (QED) is 0.578. The number of benzene rings is 1. The Bertz CT molecular complexity index is 489. The summed E-state index contributed by atoms with van der Waals surface area (Å²) >= 11 is 5.38. The van der Waals surface area contributed by atoms with Crippen molar-refractivity contribution in [3.8, 4) is 0 Å². The number of allylic oxidation sites excluding steroid dienone is 2. The van der Waals surface area contributed by atoms with Crippen molar-refractivity contribution in [3.63, 3.8) is 0 Å². The lowest BCUT2D eigenvalue weighted by Gasteiger charge is -2.28. The largest absolute Gasteiger partial charge is 0.359 e. The van der Waals surface area contributed by atoms with Gasteiger partial charge in [0, 0.05) is 6.54 Å². The van der Waals surface area contributed by atoms with Crippen molar-refractivity contribution in [1.82, 2.24) is 10.6 Å². The fourth-order valence-electron chi connectivity index (χ4n) is 1.96. The summed E-state index contributed by atoms with van der Waals surface area (Å²) < 4.78 is 0. The minimum Gasteiger partial charge on any atom is -0.359 e. The predicted molar refractivity (Wildman–Crippen MR) is 96.3 cm³/mol. The summed E-state index contributed by atoms with van der Waals surface area (Å²) in [4.78, 5) is 0. The molecular formula is C18H26N2S. The Balaban J connectivity index is 2.46. The van der Waals surface area contributed by atoms with Crippen molar-refractivity contribution in [3.05, 3.63) is 60.2 Å². The van der Waals surface area contributed by atoms with E-state index in [1.165, 1.54) is 11.1 Å². The van der Waals surface area contributed by atoms with Gasteiger partial charge in [-0.3, -0.25) is 0 Å². The zero-order valence-corrected chi connectivity index (χ0v) is 14.1. The van der Waals surface area contributed by atoms with Gasteiger partial charge in [-0.05, 0) is 51.4 Å². The maximum atomic E-state index is 5.38. The van der Waals surface area contributed by atoms with Gasteiger partial charge < -0.3 is 10.6 Å². The molecule has 0 radical (unpaired) electrons. The van der Waals surface area contributed by atoms with Gasteiger partial charge >= 0.3 is 0 Å². The number of hydrogen-bond donors (Lipinski definition) is 2. The molecule has 0 heterocycles. The lowest BCUT2D eigenvalue weighted by Crippen LogP contribution is -2.48. The number of thiocarbonyl (C=S) groups is 1. The Labute approximate surface area is 134 Å². The van der Waals surface area contributed by atoms with E-state index in [9.17, 15) is 0 Å². The molecule has 0 bridgehead atoms. The van der Waals surface area contributed by atoms with Crippen LogP contribution in [-0.2, 0) is 6.54 Å².